The molecule has 0 bridgehead atoms. The van der Waals surface area contributed by atoms with Crippen LogP contribution in [0.15, 0.2) is 0 Å². The third kappa shape index (κ3) is 6.53. The Balaban J connectivity index is 2.68. The Morgan fingerprint density at radius 1 is 1.43 bits per heavy atom. The summed E-state index contributed by atoms with van der Waals surface area (Å²) in [6.07, 6.45) is 2.74. The van der Waals surface area contributed by atoms with E-state index in [9.17, 15) is 0 Å². The van der Waals surface area contributed by atoms with Crippen LogP contribution in [0.25, 0.3) is 0 Å². The highest BCUT2D eigenvalue weighted by molar-refractivity contribution is 6.08. The maximum atomic E-state index is 2.74. The molecule has 0 unspecified atom stereocenters. The molecule has 0 atom stereocenters. The molecule has 7 heavy (non-hydrogen) atoms. The van der Waals surface area contributed by atoms with Crippen LogP contribution in [0.4, 0.5) is 0 Å². The van der Waals surface area contributed by atoms with Gasteiger partial charge in [-0.1, -0.05) is 26.7 Å². The molecule has 0 aromatic rings. The van der Waals surface area contributed by atoms with Crippen LogP contribution in [0.2, 0.25) is 5.28 Å². The fourth-order valence-corrected chi connectivity index (χ4v) is 0.762. The third-order valence-corrected chi connectivity index (χ3v) is 1.39. The summed E-state index contributed by atoms with van der Waals surface area (Å²) in [7, 11) is 0. The molecule has 0 saturated heterocycles. The second-order valence-electron chi connectivity index (χ2n) is 2.32. The van der Waals surface area contributed by atoms with Gasteiger partial charge in [0.25, 0.3) is 0 Å². The van der Waals surface area contributed by atoms with Crippen molar-refractivity contribution in [3.8, 4) is 0 Å². The predicted octanol–water partition coefficient (Wildman–Crippen LogP) is 2.01. The zero-order valence-electron chi connectivity index (χ0n) is 5.28. The average Bonchev–Trinajstić information content (AvgIpc) is 1.61. The zero-order valence-corrected chi connectivity index (χ0v) is 6.43. The molecule has 0 N–H and O–H groups in total. The summed E-state index contributed by atoms with van der Waals surface area (Å²) in [6.45, 7) is 4.53. The molecule has 0 fully saturated rings. The quantitative estimate of drug-likeness (QED) is 0.490. The summed E-state index contributed by atoms with van der Waals surface area (Å²) in [5.74, 6) is 0.889. The average molecular weight is 112 g/mol. The van der Waals surface area contributed by atoms with Crippen LogP contribution in [-0.2, 0) is 0 Å². The van der Waals surface area contributed by atoms with Crippen molar-refractivity contribution in [2.45, 2.75) is 32.0 Å². The maximum Gasteiger partial charge on any atom is 0.118 e. The first kappa shape index (κ1) is 7.53. The zero-order chi connectivity index (χ0) is 5.70. The molecule has 0 nitrogen and oxygen atoms in total. The summed E-state index contributed by atoms with van der Waals surface area (Å²) < 4.78 is 0. The number of hydrogen-bond donors (Lipinski definition) is 0. The van der Waals surface area contributed by atoms with Gasteiger partial charge >= 0.3 is 0 Å². The summed E-state index contributed by atoms with van der Waals surface area (Å²) >= 11 is 2.74. The molecule has 0 amide bonds. The Bertz CT molecular complexity index is 33.2. The van der Waals surface area contributed by atoms with E-state index >= 15 is 0 Å². The summed E-state index contributed by atoms with van der Waals surface area (Å²) in [4.78, 5) is 0. The maximum absolute atomic E-state index is 2.74. The van der Waals surface area contributed by atoms with E-state index in [-0.39, 0.29) is 0 Å². The molecule has 0 aromatic heterocycles. The molecule has 0 saturated carbocycles. The van der Waals surface area contributed by atoms with Crippen molar-refractivity contribution in [1.29, 1.82) is 0 Å². The van der Waals surface area contributed by atoms with Crippen LogP contribution in [0.3, 0.4) is 0 Å². The molecule has 0 aliphatic rings. The standard InChI is InChI=1S/C6H13.Al/c1-4-5-6(2)3;/h6H,1,4-5H2,2-3H3;. The molecule has 0 aliphatic heterocycles. The lowest BCUT2D eigenvalue weighted by molar-refractivity contribution is 0.576. The van der Waals surface area contributed by atoms with Gasteiger partial charge in [0, 0.05) is 0 Å². The first-order valence-corrected chi connectivity index (χ1v) is 3.79. The van der Waals surface area contributed by atoms with Gasteiger partial charge in [-0.15, -0.1) is 5.28 Å². The van der Waals surface area contributed by atoms with E-state index in [4.69, 9.17) is 0 Å². The summed E-state index contributed by atoms with van der Waals surface area (Å²) in [5, 5.41) is 1.26. The molecule has 0 aliphatic carbocycles. The fourth-order valence-electron chi connectivity index (χ4n) is 0.526. The van der Waals surface area contributed by atoms with Crippen LogP contribution < -0.4 is 0 Å². The lowest BCUT2D eigenvalue weighted by atomic mass is 10.1. The Morgan fingerprint density at radius 3 is 2.14 bits per heavy atom. The normalized spacial score (nSPS) is 10.1. The largest absolute Gasteiger partial charge is 0.118 e. The van der Waals surface area contributed by atoms with Crippen LogP contribution in [0.1, 0.15) is 26.7 Å². The van der Waals surface area contributed by atoms with Gasteiger partial charge in [-0.05, 0) is 5.92 Å². The summed E-state index contributed by atoms with van der Waals surface area (Å²) in [6, 6.07) is 0. The first-order chi connectivity index (χ1) is 3.27. The topological polar surface area (TPSA) is 0 Å². The van der Waals surface area contributed by atoms with Crippen LogP contribution in [0.5, 0.6) is 0 Å². The van der Waals surface area contributed by atoms with Gasteiger partial charge in [0.15, 0.2) is 0 Å². The number of rotatable bonds is 3. The predicted molar refractivity (Wildman–Crippen MR) is 34.6 cm³/mol. The van der Waals surface area contributed by atoms with E-state index in [2.05, 4.69) is 30.1 Å². The second kappa shape index (κ2) is 4.69. The Labute approximate surface area is 54.7 Å². The lowest BCUT2D eigenvalue weighted by Crippen LogP contribution is -1.84. The lowest BCUT2D eigenvalue weighted by Gasteiger charge is -1.99. The smallest absolute Gasteiger partial charge is 0.118 e. The van der Waals surface area contributed by atoms with Gasteiger partial charge in [-0.3, -0.25) is 0 Å². The van der Waals surface area contributed by atoms with Gasteiger partial charge < -0.3 is 0 Å². The highest BCUT2D eigenvalue weighted by Gasteiger charge is 1.88. The van der Waals surface area contributed by atoms with Crippen molar-refractivity contribution in [3.05, 3.63) is 0 Å². The van der Waals surface area contributed by atoms with E-state index in [1.165, 1.54) is 18.1 Å². The second-order valence-corrected chi connectivity index (χ2v) is 2.90. The van der Waals surface area contributed by atoms with Crippen LogP contribution in [0, 0.1) is 5.92 Å². The highest BCUT2D eigenvalue weighted by atomic mass is 27.0. The first-order valence-electron chi connectivity index (χ1n) is 2.97. The SMILES string of the molecule is CC(C)CC[CH2][Al]. The van der Waals surface area contributed by atoms with Crippen LogP contribution in [-0.4, -0.2) is 16.3 Å². The molecule has 0 rings (SSSR count). The fraction of sp³-hybridized carbons (Fsp3) is 1.00. The van der Waals surface area contributed by atoms with Crippen molar-refractivity contribution < 1.29 is 0 Å². The van der Waals surface area contributed by atoms with E-state index in [1.54, 1.807) is 0 Å². The van der Waals surface area contributed by atoms with E-state index in [1.807, 2.05) is 0 Å². The molecule has 2 radical (unpaired) electrons. The van der Waals surface area contributed by atoms with Gasteiger partial charge in [0.1, 0.15) is 16.3 Å². The monoisotopic (exact) mass is 112 g/mol. The molecule has 0 aromatic carbocycles. The van der Waals surface area contributed by atoms with Crippen molar-refractivity contribution >= 4 is 16.3 Å². The van der Waals surface area contributed by atoms with Crippen LogP contribution >= 0.6 is 0 Å². The minimum absolute atomic E-state index is 0.889. The van der Waals surface area contributed by atoms with Crippen molar-refractivity contribution in [3.63, 3.8) is 0 Å². The molecule has 40 valence electrons. The van der Waals surface area contributed by atoms with Gasteiger partial charge in [0.2, 0.25) is 0 Å². The van der Waals surface area contributed by atoms with Crippen molar-refractivity contribution in [1.82, 2.24) is 0 Å². The minimum atomic E-state index is 0.889. The number of hydrogen-bond acceptors (Lipinski definition) is 0. The summed E-state index contributed by atoms with van der Waals surface area (Å²) in [5.41, 5.74) is 0. The Morgan fingerprint density at radius 2 is 2.00 bits per heavy atom. The minimum Gasteiger partial charge on any atom is -0.118 e. The highest BCUT2D eigenvalue weighted by Crippen LogP contribution is 2.03. The Kier molecular flexibility index (Phi) is 5.04. The van der Waals surface area contributed by atoms with Gasteiger partial charge in [0.05, 0.1) is 0 Å². The van der Waals surface area contributed by atoms with Crippen molar-refractivity contribution in [2.75, 3.05) is 0 Å². The van der Waals surface area contributed by atoms with E-state index < -0.39 is 0 Å². The van der Waals surface area contributed by atoms with E-state index in [0.717, 1.165) is 5.92 Å². The van der Waals surface area contributed by atoms with Gasteiger partial charge in [-0.2, -0.15) is 0 Å². The molecule has 1 heteroatoms. The third-order valence-electron chi connectivity index (χ3n) is 0.986. The van der Waals surface area contributed by atoms with Gasteiger partial charge in [-0.25, -0.2) is 0 Å². The Hall–Kier alpha value is 0.532. The molecule has 0 heterocycles. The van der Waals surface area contributed by atoms with E-state index in [0.29, 0.717) is 0 Å². The molecular weight excluding hydrogens is 99.0 g/mol. The van der Waals surface area contributed by atoms with Crippen molar-refractivity contribution in [2.24, 2.45) is 5.92 Å². The molecular formula is C6H13Al. The molecule has 0 spiro atoms.